The molecule has 1 atom stereocenters. The Labute approximate surface area is 101 Å². The Morgan fingerprint density at radius 3 is 3.12 bits per heavy atom. The van der Waals surface area contributed by atoms with Gasteiger partial charge in [-0.2, -0.15) is 0 Å². The SMILES string of the molecule is NNC(=O)CCOC1CCCc2ccccc21. The highest BCUT2D eigenvalue weighted by Gasteiger charge is 2.20. The van der Waals surface area contributed by atoms with Gasteiger partial charge >= 0.3 is 0 Å². The average molecular weight is 234 g/mol. The van der Waals surface area contributed by atoms with Crippen LogP contribution in [-0.2, 0) is 16.0 Å². The molecule has 0 saturated carbocycles. The molecule has 1 aliphatic carbocycles. The summed E-state index contributed by atoms with van der Waals surface area (Å²) in [4.78, 5) is 11.0. The summed E-state index contributed by atoms with van der Waals surface area (Å²) in [5.41, 5.74) is 4.74. The standard InChI is InChI=1S/C13H18N2O2/c14-15-13(16)8-9-17-12-7-3-5-10-4-1-2-6-11(10)12/h1-2,4,6,12H,3,5,7-9,14H2,(H,15,16). The summed E-state index contributed by atoms with van der Waals surface area (Å²) >= 11 is 0. The first-order chi connectivity index (χ1) is 8.31. The van der Waals surface area contributed by atoms with Crippen LogP contribution in [0.4, 0.5) is 0 Å². The van der Waals surface area contributed by atoms with Crippen LogP contribution in [0.5, 0.6) is 0 Å². The molecule has 1 aromatic rings. The Hall–Kier alpha value is -1.39. The van der Waals surface area contributed by atoms with Gasteiger partial charge in [0.05, 0.1) is 19.1 Å². The van der Waals surface area contributed by atoms with E-state index in [1.165, 1.54) is 11.1 Å². The molecule has 0 heterocycles. The summed E-state index contributed by atoms with van der Waals surface area (Å²) in [5, 5.41) is 0. The number of nitrogens with one attached hydrogen (secondary N) is 1. The minimum absolute atomic E-state index is 0.130. The summed E-state index contributed by atoms with van der Waals surface area (Å²) in [6, 6.07) is 8.36. The van der Waals surface area contributed by atoms with Gasteiger partial charge in [-0.15, -0.1) is 0 Å². The number of hydrogen-bond donors (Lipinski definition) is 2. The smallest absolute Gasteiger partial charge is 0.236 e. The first-order valence-electron chi connectivity index (χ1n) is 6.00. The molecule has 17 heavy (non-hydrogen) atoms. The lowest BCUT2D eigenvalue weighted by molar-refractivity contribution is -0.122. The van der Waals surface area contributed by atoms with E-state index in [1.54, 1.807) is 0 Å². The van der Waals surface area contributed by atoms with Crippen molar-refractivity contribution in [2.45, 2.75) is 31.8 Å². The third-order valence-electron chi connectivity index (χ3n) is 3.12. The highest BCUT2D eigenvalue weighted by Crippen LogP contribution is 2.32. The molecule has 0 radical (unpaired) electrons. The number of amides is 1. The van der Waals surface area contributed by atoms with E-state index in [0.717, 1.165) is 19.3 Å². The number of aryl methyl sites for hydroxylation is 1. The maximum Gasteiger partial charge on any atom is 0.236 e. The van der Waals surface area contributed by atoms with Crippen molar-refractivity contribution >= 4 is 5.91 Å². The van der Waals surface area contributed by atoms with Crippen molar-refractivity contribution in [1.29, 1.82) is 0 Å². The van der Waals surface area contributed by atoms with Crippen molar-refractivity contribution in [2.75, 3.05) is 6.61 Å². The monoisotopic (exact) mass is 234 g/mol. The minimum Gasteiger partial charge on any atom is -0.373 e. The first kappa shape index (κ1) is 12.1. The normalized spacial score (nSPS) is 18.5. The molecule has 92 valence electrons. The van der Waals surface area contributed by atoms with E-state index in [2.05, 4.69) is 23.6 Å². The van der Waals surface area contributed by atoms with Gasteiger partial charge in [0.25, 0.3) is 0 Å². The van der Waals surface area contributed by atoms with Crippen LogP contribution in [0.2, 0.25) is 0 Å². The summed E-state index contributed by atoms with van der Waals surface area (Å²) in [5.74, 6) is 4.83. The highest BCUT2D eigenvalue weighted by molar-refractivity contribution is 5.75. The molecular formula is C13H18N2O2. The Kier molecular flexibility index (Phi) is 4.12. The van der Waals surface area contributed by atoms with E-state index in [0.29, 0.717) is 13.0 Å². The quantitative estimate of drug-likeness (QED) is 0.471. The van der Waals surface area contributed by atoms with Gasteiger partial charge in [-0.1, -0.05) is 24.3 Å². The number of hydrogen-bond acceptors (Lipinski definition) is 3. The van der Waals surface area contributed by atoms with Crippen molar-refractivity contribution in [3.63, 3.8) is 0 Å². The molecule has 0 fully saturated rings. The van der Waals surface area contributed by atoms with Crippen molar-refractivity contribution < 1.29 is 9.53 Å². The zero-order chi connectivity index (χ0) is 12.1. The summed E-state index contributed by atoms with van der Waals surface area (Å²) in [7, 11) is 0. The topological polar surface area (TPSA) is 64.3 Å². The Bertz CT molecular complexity index is 393. The van der Waals surface area contributed by atoms with E-state index < -0.39 is 0 Å². The molecule has 1 aromatic carbocycles. The van der Waals surface area contributed by atoms with Crippen LogP contribution >= 0.6 is 0 Å². The molecule has 4 nitrogen and oxygen atoms in total. The lowest BCUT2D eigenvalue weighted by atomic mass is 9.89. The van der Waals surface area contributed by atoms with Crippen LogP contribution in [0.25, 0.3) is 0 Å². The third-order valence-corrected chi connectivity index (χ3v) is 3.12. The van der Waals surface area contributed by atoms with E-state index >= 15 is 0 Å². The van der Waals surface area contributed by atoms with E-state index in [1.807, 2.05) is 6.07 Å². The lowest BCUT2D eigenvalue weighted by Crippen LogP contribution is -2.31. The van der Waals surface area contributed by atoms with Gasteiger partial charge in [0, 0.05) is 0 Å². The predicted octanol–water partition coefficient (Wildman–Crippen LogP) is 1.46. The zero-order valence-electron chi connectivity index (χ0n) is 9.82. The van der Waals surface area contributed by atoms with Crippen LogP contribution in [0.15, 0.2) is 24.3 Å². The molecule has 3 N–H and O–H groups in total. The molecule has 1 aliphatic rings. The van der Waals surface area contributed by atoms with Crippen molar-refractivity contribution in [3.05, 3.63) is 35.4 Å². The summed E-state index contributed by atoms with van der Waals surface area (Å²) in [6.45, 7) is 0.419. The van der Waals surface area contributed by atoms with Crippen LogP contribution in [-0.4, -0.2) is 12.5 Å². The maximum absolute atomic E-state index is 11.0. The molecule has 0 aliphatic heterocycles. The van der Waals surface area contributed by atoms with Gasteiger partial charge in [-0.25, -0.2) is 5.84 Å². The van der Waals surface area contributed by atoms with E-state index in [-0.39, 0.29) is 12.0 Å². The second kappa shape index (κ2) is 5.80. The van der Waals surface area contributed by atoms with Gasteiger partial charge in [-0.3, -0.25) is 10.2 Å². The van der Waals surface area contributed by atoms with Crippen LogP contribution in [0, 0.1) is 0 Å². The second-order valence-corrected chi connectivity index (χ2v) is 4.27. The maximum atomic E-state index is 11.0. The van der Waals surface area contributed by atoms with Gasteiger partial charge in [0.1, 0.15) is 0 Å². The Balaban J connectivity index is 1.92. The largest absolute Gasteiger partial charge is 0.373 e. The molecular weight excluding hydrogens is 216 g/mol. The Morgan fingerprint density at radius 2 is 2.29 bits per heavy atom. The molecule has 0 spiro atoms. The summed E-state index contributed by atoms with van der Waals surface area (Å²) < 4.78 is 5.77. The van der Waals surface area contributed by atoms with Gasteiger partial charge in [0.2, 0.25) is 5.91 Å². The average Bonchev–Trinajstić information content (AvgIpc) is 2.39. The van der Waals surface area contributed by atoms with E-state index in [9.17, 15) is 4.79 Å². The first-order valence-corrected chi connectivity index (χ1v) is 6.00. The number of fused-ring (bicyclic) bond motifs is 1. The highest BCUT2D eigenvalue weighted by atomic mass is 16.5. The molecule has 0 bridgehead atoms. The lowest BCUT2D eigenvalue weighted by Gasteiger charge is -2.25. The molecule has 0 aromatic heterocycles. The van der Waals surface area contributed by atoms with Crippen LogP contribution < -0.4 is 11.3 Å². The van der Waals surface area contributed by atoms with Gasteiger partial charge in [0.15, 0.2) is 0 Å². The fraction of sp³-hybridized carbons (Fsp3) is 0.462. The minimum atomic E-state index is -0.186. The van der Waals surface area contributed by atoms with Crippen LogP contribution in [0.1, 0.15) is 36.5 Å². The number of carbonyl (C=O) groups is 1. The molecule has 1 unspecified atom stereocenters. The summed E-state index contributed by atoms with van der Waals surface area (Å²) in [6.07, 6.45) is 3.74. The van der Waals surface area contributed by atoms with Crippen molar-refractivity contribution in [3.8, 4) is 0 Å². The number of nitrogens with two attached hydrogens (primary N) is 1. The predicted molar refractivity (Wildman–Crippen MR) is 65.0 cm³/mol. The van der Waals surface area contributed by atoms with Gasteiger partial charge in [-0.05, 0) is 30.4 Å². The Morgan fingerprint density at radius 1 is 1.47 bits per heavy atom. The van der Waals surface area contributed by atoms with Gasteiger partial charge < -0.3 is 4.74 Å². The fourth-order valence-electron chi connectivity index (χ4n) is 2.25. The number of benzene rings is 1. The molecule has 1 amide bonds. The number of carbonyl (C=O) groups excluding carboxylic acids is 1. The number of rotatable bonds is 4. The molecule has 0 saturated heterocycles. The van der Waals surface area contributed by atoms with Crippen molar-refractivity contribution in [2.24, 2.45) is 5.84 Å². The van der Waals surface area contributed by atoms with Crippen molar-refractivity contribution in [1.82, 2.24) is 5.43 Å². The fourth-order valence-corrected chi connectivity index (χ4v) is 2.25. The van der Waals surface area contributed by atoms with Crippen LogP contribution in [0.3, 0.4) is 0 Å². The molecule has 2 rings (SSSR count). The third kappa shape index (κ3) is 3.05. The molecule has 4 heteroatoms. The second-order valence-electron chi connectivity index (χ2n) is 4.27. The zero-order valence-corrected chi connectivity index (χ0v) is 9.82. The van der Waals surface area contributed by atoms with E-state index in [4.69, 9.17) is 10.6 Å². The number of hydrazine groups is 1. The number of ether oxygens (including phenoxy) is 1.